The lowest BCUT2D eigenvalue weighted by molar-refractivity contribution is -0.397. The zero-order valence-electron chi connectivity index (χ0n) is 17.1. The Kier molecular flexibility index (Phi) is 5.05. The van der Waals surface area contributed by atoms with Gasteiger partial charge >= 0.3 is 5.97 Å². The molecule has 0 aromatic carbocycles. The molecular weight excluding hydrogens is 430 g/mol. The summed E-state index contributed by atoms with van der Waals surface area (Å²) in [6.45, 7) is 0. The lowest BCUT2D eigenvalue weighted by atomic mass is 9.84. The number of nitrogen functional groups attached to an aromatic ring is 1. The van der Waals surface area contributed by atoms with Gasteiger partial charge in [0.15, 0.2) is 23.8 Å². The van der Waals surface area contributed by atoms with Gasteiger partial charge in [0.05, 0.1) is 19.5 Å². The Morgan fingerprint density at radius 1 is 1.28 bits per heavy atom. The smallest absolute Gasteiger partial charge is 0.337 e. The third kappa shape index (κ3) is 2.92. The lowest BCUT2D eigenvalue weighted by Gasteiger charge is -2.52. The first-order valence-corrected chi connectivity index (χ1v) is 9.91. The summed E-state index contributed by atoms with van der Waals surface area (Å²) in [7, 11) is 2.57. The first-order chi connectivity index (χ1) is 15.3. The number of aliphatic hydroxyl groups excluding tert-OH is 2. The van der Waals surface area contributed by atoms with E-state index in [1.807, 2.05) is 0 Å². The number of carbonyl (C=O) groups excluding carboxylic acids is 1. The number of aliphatic hydroxyl groups is 3. The second kappa shape index (κ2) is 7.55. The maximum atomic E-state index is 12.0. The van der Waals surface area contributed by atoms with Crippen LogP contribution < -0.4 is 5.73 Å². The van der Waals surface area contributed by atoms with Crippen molar-refractivity contribution in [1.82, 2.24) is 19.5 Å². The van der Waals surface area contributed by atoms with Crippen LogP contribution in [0.2, 0.25) is 0 Å². The number of hydrogen-bond donors (Lipinski definition) is 4. The van der Waals surface area contributed by atoms with E-state index in [0.717, 1.165) is 7.11 Å². The lowest BCUT2D eigenvalue weighted by Crippen LogP contribution is -2.72. The molecule has 14 heteroatoms. The third-order valence-corrected chi connectivity index (χ3v) is 6.25. The van der Waals surface area contributed by atoms with E-state index in [9.17, 15) is 20.1 Å². The van der Waals surface area contributed by atoms with E-state index in [4.69, 9.17) is 24.7 Å². The molecule has 3 aliphatic heterocycles. The minimum absolute atomic E-state index is 0.0402. The van der Waals surface area contributed by atoms with E-state index in [2.05, 4.69) is 19.7 Å². The van der Waals surface area contributed by atoms with Crippen molar-refractivity contribution in [3.05, 3.63) is 12.7 Å². The quantitative estimate of drug-likeness (QED) is 0.355. The highest BCUT2D eigenvalue weighted by atomic mass is 16.7. The minimum Gasteiger partial charge on any atom is -0.467 e. The number of rotatable bonds is 3. The maximum absolute atomic E-state index is 12.0. The molecule has 5 N–H and O–H groups in total. The van der Waals surface area contributed by atoms with Crippen LogP contribution in [0.25, 0.3) is 11.2 Å². The Labute approximate surface area is 180 Å². The number of nitrogens with two attached hydrogens (primary N) is 1. The van der Waals surface area contributed by atoms with Crippen molar-refractivity contribution in [2.45, 2.75) is 61.2 Å². The third-order valence-electron chi connectivity index (χ3n) is 6.25. The molecule has 14 nitrogen and oxygen atoms in total. The van der Waals surface area contributed by atoms with Crippen molar-refractivity contribution in [3.63, 3.8) is 0 Å². The van der Waals surface area contributed by atoms with Gasteiger partial charge in [-0.25, -0.2) is 19.7 Å². The molecule has 3 aliphatic rings. The summed E-state index contributed by atoms with van der Waals surface area (Å²) in [5.74, 6) is -2.99. The molecule has 0 unspecified atom stereocenters. The number of imidazole rings is 1. The monoisotopic (exact) mass is 453 g/mol. The summed E-state index contributed by atoms with van der Waals surface area (Å²) in [6, 6.07) is 0. The second-order valence-electron chi connectivity index (χ2n) is 7.92. The summed E-state index contributed by atoms with van der Waals surface area (Å²) >= 11 is 0. The van der Waals surface area contributed by atoms with Gasteiger partial charge in [0.2, 0.25) is 5.79 Å². The molecule has 0 radical (unpaired) electrons. The van der Waals surface area contributed by atoms with Crippen LogP contribution in [0.4, 0.5) is 5.82 Å². The number of ether oxygens (including phenoxy) is 5. The Bertz CT molecular complexity index is 1040. The molecule has 3 fully saturated rings. The Morgan fingerprint density at radius 3 is 2.78 bits per heavy atom. The zero-order valence-corrected chi connectivity index (χ0v) is 17.1. The van der Waals surface area contributed by atoms with Crippen LogP contribution in [0.1, 0.15) is 12.6 Å². The fourth-order valence-electron chi connectivity index (χ4n) is 4.64. The number of fused-ring (bicyclic) bond motifs is 3. The first-order valence-electron chi connectivity index (χ1n) is 9.91. The molecule has 174 valence electrons. The average molecular weight is 453 g/mol. The number of anilines is 1. The molecule has 5 heterocycles. The van der Waals surface area contributed by atoms with Gasteiger partial charge in [0.25, 0.3) is 0 Å². The summed E-state index contributed by atoms with van der Waals surface area (Å²) in [5.41, 5.74) is 6.66. The summed E-state index contributed by atoms with van der Waals surface area (Å²) in [4.78, 5) is 24.3. The minimum atomic E-state index is -2.30. The first kappa shape index (κ1) is 21.4. The van der Waals surface area contributed by atoms with Gasteiger partial charge in [-0.15, -0.1) is 0 Å². The van der Waals surface area contributed by atoms with Crippen LogP contribution in [0.5, 0.6) is 0 Å². The van der Waals surface area contributed by atoms with E-state index in [-0.39, 0.29) is 12.2 Å². The van der Waals surface area contributed by atoms with E-state index in [1.165, 1.54) is 19.8 Å². The molecule has 0 aliphatic carbocycles. The van der Waals surface area contributed by atoms with Crippen LogP contribution in [0.15, 0.2) is 12.7 Å². The highest BCUT2D eigenvalue weighted by molar-refractivity contribution is 5.81. The van der Waals surface area contributed by atoms with E-state index in [1.54, 1.807) is 4.57 Å². The molecule has 0 saturated carbocycles. The number of nitrogens with zero attached hydrogens (tertiary/aromatic N) is 4. The van der Waals surface area contributed by atoms with E-state index in [0.29, 0.717) is 11.2 Å². The molecule has 0 spiro atoms. The second-order valence-corrected chi connectivity index (χ2v) is 7.92. The van der Waals surface area contributed by atoms with Crippen LogP contribution in [0, 0.1) is 0 Å². The van der Waals surface area contributed by atoms with Crippen molar-refractivity contribution in [2.24, 2.45) is 0 Å². The van der Waals surface area contributed by atoms with Crippen molar-refractivity contribution < 1.29 is 43.8 Å². The SMILES string of the molecule is COC(=O)[C@H]1O[C@H]2C[C@H]3O[C@H](n4cnc5c(N)ncnc54)[C@@H](OC)[C@@H]3O[C@@]2(O)[C@@H](O)[C@@H]1O. The van der Waals surface area contributed by atoms with Gasteiger partial charge in [0, 0.05) is 13.5 Å². The molecular formula is C18H23N5O9. The molecule has 2 aromatic heterocycles. The predicted octanol–water partition coefficient (Wildman–Crippen LogP) is -2.54. The summed E-state index contributed by atoms with van der Waals surface area (Å²) in [6.07, 6.45) is -6.47. The van der Waals surface area contributed by atoms with Crippen LogP contribution in [-0.2, 0) is 28.5 Å². The number of methoxy groups -OCH3 is 2. The van der Waals surface area contributed by atoms with Gasteiger partial charge in [0.1, 0.15) is 42.4 Å². The maximum Gasteiger partial charge on any atom is 0.337 e. The average Bonchev–Trinajstić information content (AvgIpc) is 3.36. The van der Waals surface area contributed by atoms with Gasteiger partial charge in [-0.2, -0.15) is 0 Å². The Morgan fingerprint density at radius 2 is 2.06 bits per heavy atom. The summed E-state index contributed by atoms with van der Waals surface area (Å²) < 4.78 is 29.4. The Balaban J connectivity index is 1.47. The highest BCUT2D eigenvalue weighted by Crippen LogP contribution is 2.46. The molecule has 9 atom stereocenters. The van der Waals surface area contributed by atoms with Crippen LogP contribution in [0.3, 0.4) is 0 Å². The van der Waals surface area contributed by atoms with Crippen molar-refractivity contribution in [3.8, 4) is 0 Å². The van der Waals surface area contributed by atoms with Gasteiger partial charge in [-0.3, -0.25) is 4.57 Å². The number of hydrogen-bond acceptors (Lipinski definition) is 13. The number of esters is 1. The van der Waals surface area contributed by atoms with Crippen LogP contribution >= 0.6 is 0 Å². The number of aromatic nitrogens is 4. The highest BCUT2D eigenvalue weighted by Gasteiger charge is 2.65. The van der Waals surface area contributed by atoms with Crippen molar-refractivity contribution in [1.29, 1.82) is 0 Å². The van der Waals surface area contributed by atoms with Crippen molar-refractivity contribution in [2.75, 3.05) is 20.0 Å². The molecule has 0 amide bonds. The molecule has 3 saturated heterocycles. The topological polar surface area (TPSA) is 194 Å². The molecule has 0 bridgehead atoms. The molecule has 5 rings (SSSR count). The van der Waals surface area contributed by atoms with Gasteiger partial charge in [-0.05, 0) is 0 Å². The summed E-state index contributed by atoms with van der Waals surface area (Å²) in [5, 5.41) is 32.1. The molecule has 32 heavy (non-hydrogen) atoms. The number of carbonyl (C=O) groups is 1. The molecule has 2 aromatic rings. The predicted molar refractivity (Wildman–Crippen MR) is 102 cm³/mol. The zero-order chi connectivity index (χ0) is 22.8. The van der Waals surface area contributed by atoms with Gasteiger partial charge in [-0.1, -0.05) is 0 Å². The van der Waals surface area contributed by atoms with Crippen LogP contribution in [-0.4, -0.2) is 104 Å². The van der Waals surface area contributed by atoms with Gasteiger partial charge < -0.3 is 44.7 Å². The van der Waals surface area contributed by atoms with E-state index < -0.39 is 60.7 Å². The largest absolute Gasteiger partial charge is 0.467 e. The van der Waals surface area contributed by atoms with E-state index >= 15 is 0 Å². The van der Waals surface area contributed by atoms with Crippen molar-refractivity contribution >= 4 is 23.0 Å². The Hall–Kier alpha value is -2.46. The standard InChI is InChI=1S/C18H23N5O9/c1-28-12-10-6(30-16(12)23-5-22-8-14(19)20-4-21-15(8)23)3-7-18(27,32-10)13(25)9(24)11(31-7)17(26)29-2/h4-7,9-13,16,24-25,27H,3H2,1-2H3,(H2,19,20,21)/t6-,7+,9-,10-,11+,12+,13+,16+,18-/m1/s1. The fraction of sp³-hybridized carbons (Fsp3) is 0.667. The normalized spacial score (nSPS) is 41.3. The fourth-order valence-corrected chi connectivity index (χ4v) is 4.64.